The number of hydrogen-bond donors (Lipinski definition) is 2. The van der Waals surface area contributed by atoms with Crippen molar-refractivity contribution in [2.24, 2.45) is 0 Å². The van der Waals surface area contributed by atoms with E-state index in [0.717, 1.165) is 26.2 Å². The van der Waals surface area contributed by atoms with E-state index in [1.165, 1.54) is 11.4 Å². The monoisotopic (exact) mass is 189 g/mol. The van der Waals surface area contributed by atoms with Gasteiger partial charge in [0.15, 0.2) is 0 Å². The fourth-order valence-electron chi connectivity index (χ4n) is 2.36. The zero-order chi connectivity index (χ0) is 9.38. The minimum absolute atomic E-state index is 0.624. The van der Waals surface area contributed by atoms with Gasteiger partial charge in [-0.25, -0.2) is 0 Å². The van der Waals surface area contributed by atoms with Crippen LogP contribution in [0.4, 0.5) is 11.4 Å². The normalized spacial score (nSPS) is 24.9. The Balaban J connectivity index is 1.99. The first-order valence-corrected chi connectivity index (χ1v) is 5.25. The molecule has 1 aromatic carbocycles. The van der Waals surface area contributed by atoms with Gasteiger partial charge in [0.05, 0.1) is 17.4 Å². The van der Waals surface area contributed by atoms with Crippen LogP contribution in [0, 0.1) is 0 Å². The minimum atomic E-state index is 0.624. The maximum absolute atomic E-state index is 3.48. The van der Waals surface area contributed by atoms with E-state index in [0.29, 0.717) is 6.04 Å². The van der Waals surface area contributed by atoms with Crippen LogP contribution in [-0.2, 0) is 0 Å². The van der Waals surface area contributed by atoms with Crippen molar-refractivity contribution in [3.05, 3.63) is 24.3 Å². The van der Waals surface area contributed by atoms with Crippen LogP contribution < -0.4 is 15.5 Å². The summed E-state index contributed by atoms with van der Waals surface area (Å²) in [4.78, 5) is 2.52. The fraction of sp³-hybridized carbons (Fsp3) is 0.455. The van der Waals surface area contributed by atoms with Crippen molar-refractivity contribution in [3.8, 4) is 0 Å². The molecule has 1 aromatic rings. The quantitative estimate of drug-likeness (QED) is 0.634. The average molecular weight is 189 g/mol. The lowest BCUT2D eigenvalue weighted by Crippen LogP contribution is -2.56. The minimum Gasteiger partial charge on any atom is -0.381 e. The third kappa shape index (κ3) is 1.16. The van der Waals surface area contributed by atoms with Crippen LogP contribution >= 0.6 is 0 Å². The molecule has 2 aliphatic heterocycles. The number of fused-ring (bicyclic) bond motifs is 3. The number of hydrogen-bond acceptors (Lipinski definition) is 3. The smallest absolute Gasteiger partial charge is 0.0606 e. The van der Waals surface area contributed by atoms with Crippen LogP contribution in [0.3, 0.4) is 0 Å². The Morgan fingerprint density at radius 2 is 2.14 bits per heavy atom. The number of nitrogens with zero attached hydrogens (tertiary/aromatic N) is 1. The molecular weight excluding hydrogens is 174 g/mol. The van der Waals surface area contributed by atoms with Crippen LogP contribution in [-0.4, -0.2) is 32.2 Å². The third-order valence-corrected chi connectivity index (χ3v) is 3.09. The third-order valence-electron chi connectivity index (χ3n) is 3.09. The Morgan fingerprint density at radius 3 is 3.14 bits per heavy atom. The Morgan fingerprint density at radius 1 is 1.21 bits per heavy atom. The molecule has 14 heavy (non-hydrogen) atoms. The summed E-state index contributed by atoms with van der Waals surface area (Å²) in [5.74, 6) is 0. The predicted octanol–water partition coefficient (Wildman–Crippen LogP) is 0.890. The highest BCUT2D eigenvalue weighted by molar-refractivity contribution is 5.72. The summed E-state index contributed by atoms with van der Waals surface area (Å²) in [5.41, 5.74) is 2.65. The first kappa shape index (κ1) is 8.12. The van der Waals surface area contributed by atoms with E-state index in [1.807, 2.05) is 0 Å². The van der Waals surface area contributed by atoms with E-state index in [2.05, 4.69) is 39.8 Å². The molecular formula is C11H15N3. The molecule has 0 saturated carbocycles. The Hall–Kier alpha value is -1.22. The van der Waals surface area contributed by atoms with Gasteiger partial charge in [-0.1, -0.05) is 12.1 Å². The van der Waals surface area contributed by atoms with Gasteiger partial charge >= 0.3 is 0 Å². The zero-order valence-electron chi connectivity index (χ0n) is 8.16. The van der Waals surface area contributed by atoms with Crippen LogP contribution in [0.25, 0.3) is 0 Å². The van der Waals surface area contributed by atoms with Crippen molar-refractivity contribution in [3.63, 3.8) is 0 Å². The zero-order valence-corrected chi connectivity index (χ0v) is 8.16. The lowest BCUT2D eigenvalue weighted by molar-refractivity contribution is 0.482. The van der Waals surface area contributed by atoms with Gasteiger partial charge in [-0.2, -0.15) is 0 Å². The number of para-hydroxylation sites is 2. The molecule has 3 nitrogen and oxygen atoms in total. The molecule has 2 heterocycles. The van der Waals surface area contributed by atoms with Crippen LogP contribution in [0.15, 0.2) is 24.3 Å². The molecule has 2 aliphatic rings. The molecule has 3 heteroatoms. The van der Waals surface area contributed by atoms with Gasteiger partial charge in [0.25, 0.3) is 0 Å². The maximum atomic E-state index is 3.48. The standard InChI is InChI=1S/C11H15N3/c1-2-4-11-10(3-1)13-8-9-7-12-5-6-14(9)11/h1-4,9,12-13H,5-8H2/t9-/m1/s1. The summed E-state index contributed by atoms with van der Waals surface area (Å²) < 4.78 is 0. The van der Waals surface area contributed by atoms with Crippen molar-refractivity contribution in [2.45, 2.75) is 6.04 Å². The number of rotatable bonds is 0. The second kappa shape index (κ2) is 3.17. The lowest BCUT2D eigenvalue weighted by atomic mass is 10.1. The molecule has 0 radical (unpaired) electrons. The highest BCUT2D eigenvalue weighted by Crippen LogP contribution is 2.31. The number of benzene rings is 1. The van der Waals surface area contributed by atoms with Gasteiger partial charge in [-0.05, 0) is 12.1 Å². The van der Waals surface area contributed by atoms with E-state index in [-0.39, 0.29) is 0 Å². The molecule has 0 aromatic heterocycles. The van der Waals surface area contributed by atoms with E-state index < -0.39 is 0 Å². The highest BCUT2D eigenvalue weighted by Gasteiger charge is 2.27. The topological polar surface area (TPSA) is 27.3 Å². The first-order valence-electron chi connectivity index (χ1n) is 5.25. The second-order valence-corrected chi connectivity index (χ2v) is 3.95. The summed E-state index contributed by atoms with van der Waals surface area (Å²) in [6.45, 7) is 4.39. The molecule has 0 bridgehead atoms. The van der Waals surface area contributed by atoms with Crippen molar-refractivity contribution in [1.29, 1.82) is 0 Å². The Labute approximate surface area is 84.1 Å². The van der Waals surface area contributed by atoms with Crippen molar-refractivity contribution >= 4 is 11.4 Å². The van der Waals surface area contributed by atoms with Crippen molar-refractivity contribution < 1.29 is 0 Å². The Kier molecular flexibility index (Phi) is 1.84. The average Bonchev–Trinajstić information content (AvgIpc) is 2.29. The molecule has 1 atom stereocenters. The van der Waals surface area contributed by atoms with Gasteiger partial charge in [0.1, 0.15) is 0 Å². The summed E-state index contributed by atoms with van der Waals surface area (Å²) in [5, 5.41) is 6.91. The molecule has 0 aliphatic carbocycles. The van der Waals surface area contributed by atoms with Gasteiger partial charge in [-0.15, -0.1) is 0 Å². The summed E-state index contributed by atoms with van der Waals surface area (Å²) in [6.07, 6.45) is 0. The van der Waals surface area contributed by atoms with Crippen LogP contribution in [0.1, 0.15) is 0 Å². The summed E-state index contributed by atoms with van der Waals surface area (Å²) in [6, 6.07) is 9.20. The number of anilines is 2. The largest absolute Gasteiger partial charge is 0.381 e. The van der Waals surface area contributed by atoms with Crippen LogP contribution in [0.2, 0.25) is 0 Å². The van der Waals surface area contributed by atoms with Crippen LogP contribution in [0.5, 0.6) is 0 Å². The van der Waals surface area contributed by atoms with Gasteiger partial charge < -0.3 is 15.5 Å². The fourth-order valence-corrected chi connectivity index (χ4v) is 2.36. The molecule has 3 rings (SSSR count). The predicted molar refractivity (Wildman–Crippen MR) is 58.9 cm³/mol. The highest BCUT2D eigenvalue weighted by atomic mass is 15.3. The summed E-state index contributed by atoms with van der Waals surface area (Å²) >= 11 is 0. The second-order valence-electron chi connectivity index (χ2n) is 3.95. The molecule has 0 spiro atoms. The lowest BCUT2D eigenvalue weighted by Gasteiger charge is -2.42. The van der Waals surface area contributed by atoms with E-state index in [4.69, 9.17) is 0 Å². The molecule has 0 amide bonds. The summed E-state index contributed by atoms with van der Waals surface area (Å²) in [7, 11) is 0. The molecule has 2 N–H and O–H groups in total. The SMILES string of the molecule is c1ccc2c(c1)NC[C@H]1CNCCN21. The number of piperazine rings is 1. The Bertz CT molecular complexity index is 337. The molecule has 0 unspecified atom stereocenters. The van der Waals surface area contributed by atoms with Crippen molar-refractivity contribution in [2.75, 3.05) is 36.4 Å². The van der Waals surface area contributed by atoms with E-state index in [9.17, 15) is 0 Å². The van der Waals surface area contributed by atoms with Crippen molar-refractivity contribution in [1.82, 2.24) is 5.32 Å². The van der Waals surface area contributed by atoms with Gasteiger partial charge in [-0.3, -0.25) is 0 Å². The van der Waals surface area contributed by atoms with E-state index in [1.54, 1.807) is 0 Å². The first-order chi connectivity index (χ1) is 6.95. The molecule has 1 fully saturated rings. The molecule has 1 saturated heterocycles. The number of nitrogens with one attached hydrogen (secondary N) is 2. The molecule has 74 valence electrons. The van der Waals surface area contributed by atoms with Gasteiger partial charge in [0, 0.05) is 26.2 Å². The maximum Gasteiger partial charge on any atom is 0.0606 e. The van der Waals surface area contributed by atoms with E-state index >= 15 is 0 Å². The van der Waals surface area contributed by atoms with Gasteiger partial charge in [0.2, 0.25) is 0 Å².